The van der Waals surface area contributed by atoms with E-state index in [1.807, 2.05) is 6.92 Å². The van der Waals surface area contributed by atoms with Crippen LogP contribution in [-0.4, -0.2) is 58.0 Å². The van der Waals surface area contributed by atoms with Crippen LogP contribution in [0.1, 0.15) is 26.3 Å². The molecule has 0 spiro atoms. The number of sulfonamides is 1. The van der Waals surface area contributed by atoms with Gasteiger partial charge in [0, 0.05) is 13.1 Å². The predicted octanol–water partition coefficient (Wildman–Crippen LogP) is 3.98. The summed E-state index contributed by atoms with van der Waals surface area (Å²) in [6, 6.07) is 16.7. The maximum atomic E-state index is 13.8. The number of nitrogens with one attached hydrogen (secondary N) is 1. The van der Waals surface area contributed by atoms with Crippen molar-refractivity contribution in [2.45, 2.75) is 38.3 Å². The average molecular weight is 572 g/mol. The summed E-state index contributed by atoms with van der Waals surface area (Å²) in [5.41, 5.74) is 0.812. The molecule has 0 radical (unpaired) electrons. The van der Waals surface area contributed by atoms with E-state index >= 15 is 0 Å². The van der Waals surface area contributed by atoms with Crippen LogP contribution in [0.4, 0.5) is 10.1 Å². The van der Waals surface area contributed by atoms with E-state index in [1.54, 1.807) is 38.1 Å². The molecule has 11 heteroatoms. The van der Waals surface area contributed by atoms with Crippen LogP contribution in [-0.2, 0) is 26.2 Å². The summed E-state index contributed by atoms with van der Waals surface area (Å²) >= 11 is 0. The van der Waals surface area contributed by atoms with E-state index in [2.05, 4.69) is 5.32 Å². The van der Waals surface area contributed by atoms with Gasteiger partial charge in [0.05, 0.1) is 24.3 Å². The van der Waals surface area contributed by atoms with E-state index in [1.165, 1.54) is 48.4 Å². The standard InChI is InChI=1S/C29H34FN3O6S/c1-5-31-29(35)21(3)32(19-22-7-13-25(38-4)14-8-22)28(34)20-33(24-11-9-23(30)10-12-24)40(36,37)27-17-15-26(16-18-27)39-6-2/h7-18,21H,5-6,19-20H2,1-4H3,(H,31,35)/t21-/m0/s1. The normalized spacial score (nSPS) is 11.8. The third-order valence-corrected chi connectivity index (χ3v) is 7.93. The molecule has 0 heterocycles. The number of anilines is 1. The second-order valence-corrected chi connectivity index (χ2v) is 10.7. The number of likely N-dealkylation sites (N-methyl/N-ethyl adjacent to an activating group) is 1. The zero-order chi connectivity index (χ0) is 29.3. The highest BCUT2D eigenvalue weighted by Gasteiger charge is 2.32. The Balaban J connectivity index is 2.00. The molecule has 3 aromatic rings. The van der Waals surface area contributed by atoms with Crippen molar-refractivity contribution in [1.82, 2.24) is 10.2 Å². The fourth-order valence-corrected chi connectivity index (χ4v) is 5.38. The van der Waals surface area contributed by atoms with Gasteiger partial charge in [-0.2, -0.15) is 0 Å². The van der Waals surface area contributed by atoms with Crippen molar-refractivity contribution in [2.24, 2.45) is 0 Å². The monoisotopic (exact) mass is 571 g/mol. The van der Waals surface area contributed by atoms with Crippen molar-refractivity contribution in [2.75, 3.05) is 31.1 Å². The molecule has 0 aromatic heterocycles. The van der Waals surface area contributed by atoms with Gasteiger partial charge in [-0.15, -0.1) is 0 Å². The first-order valence-electron chi connectivity index (χ1n) is 12.8. The summed E-state index contributed by atoms with van der Waals surface area (Å²) in [5, 5.41) is 2.71. The van der Waals surface area contributed by atoms with Crippen LogP contribution < -0.4 is 19.1 Å². The zero-order valence-electron chi connectivity index (χ0n) is 23.0. The molecule has 0 bridgehead atoms. The zero-order valence-corrected chi connectivity index (χ0v) is 23.8. The predicted molar refractivity (Wildman–Crippen MR) is 150 cm³/mol. The average Bonchev–Trinajstić information content (AvgIpc) is 2.95. The third kappa shape index (κ3) is 7.50. The van der Waals surface area contributed by atoms with Crippen LogP contribution >= 0.6 is 0 Å². The number of carbonyl (C=O) groups excluding carboxylic acids is 2. The molecule has 0 aliphatic heterocycles. The molecule has 40 heavy (non-hydrogen) atoms. The van der Waals surface area contributed by atoms with Gasteiger partial charge in [-0.3, -0.25) is 13.9 Å². The number of amides is 2. The number of halogens is 1. The van der Waals surface area contributed by atoms with E-state index in [4.69, 9.17) is 9.47 Å². The second kappa shape index (κ2) is 13.8. The van der Waals surface area contributed by atoms with E-state index in [0.717, 1.165) is 16.4 Å². The van der Waals surface area contributed by atoms with Gasteiger partial charge in [-0.1, -0.05) is 12.1 Å². The third-order valence-electron chi connectivity index (χ3n) is 6.15. The maximum absolute atomic E-state index is 13.8. The van der Waals surface area contributed by atoms with Gasteiger partial charge in [0.15, 0.2) is 0 Å². The van der Waals surface area contributed by atoms with Crippen LogP contribution in [0.3, 0.4) is 0 Å². The van der Waals surface area contributed by atoms with Gasteiger partial charge in [-0.25, -0.2) is 12.8 Å². The first-order valence-corrected chi connectivity index (χ1v) is 14.3. The summed E-state index contributed by atoms with van der Waals surface area (Å²) in [7, 11) is -2.74. The minimum atomic E-state index is -4.27. The lowest BCUT2D eigenvalue weighted by Gasteiger charge is -2.32. The van der Waals surface area contributed by atoms with Crippen LogP contribution in [0.15, 0.2) is 77.7 Å². The number of ether oxygens (including phenoxy) is 2. The molecular formula is C29H34FN3O6S. The highest BCUT2D eigenvalue weighted by molar-refractivity contribution is 7.92. The minimum absolute atomic E-state index is 0.0431. The molecule has 0 saturated heterocycles. The summed E-state index contributed by atoms with van der Waals surface area (Å²) < 4.78 is 52.9. The first kappa shape index (κ1) is 30.4. The van der Waals surface area contributed by atoms with Crippen LogP contribution in [0.2, 0.25) is 0 Å². The summed E-state index contributed by atoms with van der Waals surface area (Å²) in [5.74, 6) is -0.436. The van der Waals surface area contributed by atoms with Crippen molar-refractivity contribution in [3.8, 4) is 11.5 Å². The van der Waals surface area contributed by atoms with Gasteiger partial charge in [0.2, 0.25) is 11.8 Å². The second-order valence-electron chi connectivity index (χ2n) is 8.83. The Hall–Kier alpha value is -4.12. The molecule has 1 N–H and O–H groups in total. The Bertz CT molecular complexity index is 1380. The van der Waals surface area contributed by atoms with Gasteiger partial charge < -0.3 is 19.7 Å². The van der Waals surface area contributed by atoms with Gasteiger partial charge >= 0.3 is 0 Å². The molecule has 3 aromatic carbocycles. The van der Waals surface area contributed by atoms with Crippen molar-refractivity contribution in [3.63, 3.8) is 0 Å². The molecule has 3 rings (SSSR count). The summed E-state index contributed by atoms with van der Waals surface area (Å²) in [4.78, 5) is 27.8. The number of hydrogen-bond donors (Lipinski definition) is 1. The van der Waals surface area contributed by atoms with Crippen LogP contribution in [0, 0.1) is 5.82 Å². The molecule has 9 nitrogen and oxygen atoms in total. The largest absolute Gasteiger partial charge is 0.497 e. The Kier molecular flexibility index (Phi) is 10.5. The van der Waals surface area contributed by atoms with Crippen molar-refractivity contribution >= 4 is 27.5 Å². The SMILES string of the molecule is CCNC(=O)[C@H](C)N(Cc1ccc(OC)cc1)C(=O)CN(c1ccc(F)cc1)S(=O)(=O)c1ccc(OCC)cc1. The molecule has 2 amide bonds. The Morgan fingerprint density at radius 1 is 0.925 bits per heavy atom. The van der Waals surface area contributed by atoms with Gasteiger partial charge in [0.25, 0.3) is 10.0 Å². The topological polar surface area (TPSA) is 105 Å². The molecule has 0 fully saturated rings. The molecular weight excluding hydrogens is 537 g/mol. The fraction of sp³-hybridized carbons (Fsp3) is 0.310. The summed E-state index contributed by atoms with van der Waals surface area (Å²) in [6.45, 7) is 5.35. The Morgan fingerprint density at radius 2 is 1.52 bits per heavy atom. The van der Waals surface area contributed by atoms with Crippen molar-refractivity contribution in [1.29, 1.82) is 0 Å². The van der Waals surface area contributed by atoms with Gasteiger partial charge in [0.1, 0.15) is 29.9 Å². The molecule has 0 unspecified atom stereocenters. The highest BCUT2D eigenvalue weighted by atomic mass is 32.2. The molecule has 0 aliphatic carbocycles. The smallest absolute Gasteiger partial charge is 0.264 e. The van der Waals surface area contributed by atoms with E-state index in [0.29, 0.717) is 30.2 Å². The quantitative estimate of drug-likeness (QED) is 0.333. The Morgan fingerprint density at radius 3 is 2.08 bits per heavy atom. The molecule has 0 saturated carbocycles. The van der Waals surface area contributed by atoms with E-state index < -0.39 is 34.3 Å². The van der Waals surface area contributed by atoms with Crippen molar-refractivity contribution in [3.05, 3.63) is 84.2 Å². The lowest BCUT2D eigenvalue weighted by Crippen LogP contribution is -2.51. The minimum Gasteiger partial charge on any atom is -0.497 e. The van der Waals surface area contributed by atoms with Crippen LogP contribution in [0.5, 0.6) is 11.5 Å². The lowest BCUT2D eigenvalue weighted by atomic mass is 10.1. The number of benzene rings is 3. The number of carbonyl (C=O) groups is 2. The fourth-order valence-electron chi connectivity index (χ4n) is 3.97. The first-order chi connectivity index (χ1) is 19.1. The highest BCUT2D eigenvalue weighted by Crippen LogP contribution is 2.26. The maximum Gasteiger partial charge on any atom is 0.264 e. The summed E-state index contributed by atoms with van der Waals surface area (Å²) in [6.07, 6.45) is 0. The van der Waals surface area contributed by atoms with Crippen molar-refractivity contribution < 1.29 is 31.9 Å². The number of nitrogens with zero attached hydrogens (tertiary/aromatic N) is 2. The van der Waals surface area contributed by atoms with Gasteiger partial charge in [-0.05, 0) is 87.0 Å². The molecule has 1 atom stereocenters. The van der Waals surface area contributed by atoms with Crippen LogP contribution in [0.25, 0.3) is 0 Å². The Labute approximate surface area is 234 Å². The lowest BCUT2D eigenvalue weighted by molar-refractivity contribution is -0.139. The van der Waals surface area contributed by atoms with E-state index in [9.17, 15) is 22.4 Å². The number of rotatable bonds is 13. The molecule has 214 valence electrons. The number of hydrogen-bond acceptors (Lipinski definition) is 6. The molecule has 0 aliphatic rings. The van der Waals surface area contributed by atoms with E-state index in [-0.39, 0.29) is 23.0 Å². The number of methoxy groups -OCH3 is 1.